The molecule has 0 saturated carbocycles. The van der Waals surface area contributed by atoms with Gasteiger partial charge < -0.3 is 16.0 Å². The number of nitrogens with zero attached hydrogens (tertiary/aromatic N) is 2. The molecule has 2 aromatic carbocycles. The third-order valence-corrected chi connectivity index (χ3v) is 4.36. The van der Waals surface area contributed by atoms with E-state index in [4.69, 9.17) is 0 Å². The van der Waals surface area contributed by atoms with Crippen LogP contribution in [0.5, 0.6) is 0 Å². The van der Waals surface area contributed by atoms with Gasteiger partial charge in [-0.15, -0.1) is 0 Å². The van der Waals surface area contributed by atoms with E-state index in [-0.39, 0.29) is 11.9 Å². The fourth-order valence-corrected chi connectivity index (χ4v) is 2.93. The minimum Gasteiger partial charge on any atom is -0.341 e. The average Bonchev–Trinajstić information content (AvgIpc) is 3.01. The summed E-state index contributed by atoms with van der Waals surface area (Å²) >= 11 is 0. The quantitative estimate of drug-likeness (QED) is 0.579. The summed E-state index contributed by atoms with van der Waals surface area (Å²) in [5.74, 6) is -0.270. The molecule has 3 amide bonds. The van der Waals surface area contributed by atoms with Crippen LogP contribution in [0.3, 0.4) is 0 Å². The highest BCUT2D eigenvalue weighted by Gasteiger charge is 2.11. The van der Waals surface area contributed by atoms with E-state index in [9.17, 15) is 9.59 Å². The fraction of sp³-hybridized carbons (Fsp3) is 0.136. The van der Waals surface area contributed by atoms with Gasteiger partial charge in [0, 0.05) is 35.8 Å². The Labute approximate surface area is 169 Å². The Bertz CT molecular complexity index is 1050. The van der Waals surface area contributed by atoms with Crippen molar-refractivity contribution >= 4 is 29.4 Å². The van der Waals surface area contributed by atoms with Crippen LogP contribution in [0.15, 0.2) is 60.7 Å². The monoisotopic (exact) mass is 389 g/mol. The number of aromatic nitrogens is 2. The van der Waals surface area contributed by atoms with Gasteiger partial charge in [-0.1, -0.05) is 24.3 Å². The van der Waals surface area contributed by atoms with Gasteiger partial charge in [-0.05, 0) is 50.3 Å². The highest BCUT2D eigenvalue weighted by atomic mass is 16.2. The molecular formula is C22H23N5O2. The van der Waals surface area contributed by atoms with Crippen LogP contribution in [-0.4, -0.2) is 28.8 Å². The van der Waals surface area contributed by atoms with Crippen LogP contribution in [0.2, 0.25) is 0 Å². The van der Waals surface area contributed by atoms with Crippen molar-refractivity contribution in [2.45, 2.75) is 13.8 Å². The van der Waals surface area contributed by atoms with Crippen LogP contribution in [-0.2, 0) is 4.79 Å². The summed E-state index contributed by atoms with van der Waals surface area (Å²) in [7, 11) is 1.54. The van der Waals surface area contributed by atoms with Crippen molar-refractivity contribution in [1.29, 1.82) is 0 Å². The second-order valence-corrected chi connectivity index (χ2v) is 6.44. The molecule has 0 radical (unpaired) electrons. The standard InChI is InChI=1S/C22H23N5O2/c1-15-20(16(2)27(26-15)19-10-5-4-6-11-19)12-13-21(28)24-17-8-7-9-18(14-17)25-22(29)23-3/h4-14H,1-3H3,(H,24,28)(H2,23,25,29)/b13-12+. The van der Waals surface area contributed by atoms with Gasteiger partial charge in [0.05, 0.1) is 11.4 Å². The lowest BCUT2D eigenvalue weighted by Gasteiger charge is -2.07. The zero-order valence-electron chi connectivity index (χ0n) is 16.6. The van der Waals surface area contributed by atoms with Crippen LogP contribution < -0.4 is 16.0 Å². The van der Waals surface area contributed by atoms with Gasteiger partial charge >= 0.3 is 6.03 Å². The lowest BCUT2D eigenvalue weighted by Crippen LogP contribution is -2.24. The Morgan fingerprint density at radius 2 is 1.66 bits per heavy atom. The predicted octanol–water partition coefficient (Wildman–Crippen LogP) is 3.89. The maximum atomic E-state index is 12.4. The van der Waals surface area contributed by atoms with Crippen molar-refractivity contribution in [2.75, 3.05) is 17.7 Å². The van der Waals surface area contributed by atoms with Gasteiger partial charge in [0.2, 0.25) is 5.91 Å². The molecule has 0 spiro atoms. The number of anilines is 2. The zero-order valence-corrected chi connectivity index (χ0v) is 16.6. The van der Waals surface area contributed by atoms with Crippen molar-refractivity contribution in [3.63, 3.8) is 0 Å². The van der Waals surface area contributed by atoms with E-state index >= 15 is 0 Å². The first kappa shape index (κ1) is 19.9. The molecule has 7 nitrogen and oxygen atoms in total. The van der Waals surface area contributed by atoms with Gasteiger partial charge in [0.25, 0.3) is 0 Å². The normalized spacial score (nSPS) is 10.7. The Balaban J connectivity index is 1.73. The molecule has 0 aliphatic carbocycles. The molecule has 148 valence electrons. The van der Waals surface area contributed by atoms with Gasteiger partial charge in [-0.25, -0.2) is 9.48 Å². The van der Waals surface area contributed by atoms with Crippen molar-refractivity contribution in [2.24, 2.45) is 0 Å². The predicted molar refractivity (Wildman–Crippen MR) is 115 cm³/mol. The van der Waals surface area contributed by atoms with Crippen LogP contribution in [0.1, 0.15) is 17.0 Å². The van der Waals surface area contributed by atoms with Gasteiger partial charge in [-0.3, -0.25) is 4.79 Å². The van der Waals surface area contributed by atoms with Crippen molar-refractivity contribution < 1.29 is 9.59 Å². The summed E-state index contributed by atoms with van der Waals surface area (Å²) in [4.78, 5) is 23.8. The average molecular weight is 389 g/mol. The summed E-state index contributed by atoms with van der Waals surface area (Å²) in [5.41, 5.74) is 4.84. The summed E-state index contributed by atoms with van der Waals surface area (Å²) in [6.45, 7) is 3.89. The number of amides is 3. The molecule has 3 rings (SSSR count). The summed E-state index contributed by atoms with van der Waals surface area (Å²) in [6, 6.07) is 16.5. The van der Waals surface area contributed by atoms with E-state index in [2.05, 4.69) is 21.0 Å². The maximum Gasteiger partial charge on any atom is 0.318 e. The first-order valence-electron chi connectivity index (χ1n) is 9.17. The first-order valence-corrected chi connectivity index (χ1v) is 9.17. The van der Waals surface area contributed by atoms with Gasteiger partial charge in [-0.2, -0.15) is 5.10 Å². The molecule has 3 aromatic rings. The summed E-state index contributed by atoms with van der Waals surface area (Å²) in [5, 5.41) is 12.5. The Kier molecular flexibility index (Phi) is 6.09. The molecule has 0 saturated heterocycles. The second-order valence-electron chi connectivity index (χ2n) is 6.44. The van der Waals surface area contributed by atoms with Crippen LogP contribution in [0.4, 0.5) is 16.2 Å². The van der Waals surface area contributed by atoms with E-state index in [1.807, 2.05) is 48.9 Å². The number of rotatable bonds is 5. The van der Waals surface area contributed by atoms with E-state index < -0.39 is 0 Å². The molecular weight excluding hydrogens is 366 g/mol. The SMILES string of the molecule is CNC(=O)Nc1cccc(NC(=O)/C=C/c2c(C)nn(-c3ccccc3)c2C)c1. The molecule has 0 unspecified atom stereocenters. The molecule has 0 aliphatic rings. The van der Waals surface area contributed by atoms with Crippen LogP contribution in [0, 0.1) is 13.8 Å². The lowest BCUT2D eigenvalue weighted by atomic mass is 10.2. The maximum absolute atomic E-state index is 12.4. The second kappa shape index (κ2) is 8.88. The largest absolute Gasteiger partial charge is 0.341 e. The van der Waals surface area contributed by atoms with Crippen LogP contribution >= 0.6 is 0 Å². The van der Waals surface area contributed by atoms with E-state index in [0.29, 0.717) is 11.4 Å². The number of carbonyl (C=O) groups excluding carboxylic acids is 2. The molecule has 0 fully saturated rings. The Morgan fingerprint density at radius 1 is 0.966 bits per heavy atom. The van der Waals surface area contributed by atoms with Gasteiger partial charge in [0.1, 0.15) is 0 Å². The number of benzene rings is 2. The summed E-state index contributed by atoms with van der Waals surface area (Å²) < 4.78 is 1.86. The van der Waals surface area contributed by atoms with Gasteiger partial charge in [0.15, 0.2) is 0 Å². The first-order chi connectivity index (χ1) is 14.0. The van der Waals surface area contributed by atoms with Crippen molar-refractivity contribution in [3.8, 4) is 5.69 Å². The minimum absolute atomic E-state index is 0.270. The molecule has 1 aromatic heterocycles. The molecule has 0 atom stereocenters. The minimum atomic E-state index is -0.324. The third-order valence-electron chi connectivity index (χ3n) is 4.36. The van der Waals surface area contributed by atoms with Crippen molar-refractivity contribution in [1.82, 2.24) is 15.1 Å². The number of aryl methyl sites for hydroxylation is 1. The third kappa shape index (κ3) is 4.90. The number of nitrogens with one attached hydrogen (secondary N) is 3. The Morgan fingerprint density at radius 3 is 2.34 bits per heavy atom. The number of carbonyl (C=O) groups is 2. The number of hydrogen-bond donors (Lipinski definition) is 3. The highest BCUT2D eigenvalue weighted by molar-refractivity contribution is 6.02. The number of hydrogen-bond acceptors (Lipinski definition) is 3. The molecule has 7 heteroatoms. The fourth-order valence-electron chi connectivity index (χ4n) is 2.93. The van der Waals surface area contributed by atoms with E-state index in [1.54, 1.807) is 30.3 Å². The van der Waals surface area contributed by atoms with E-state index in [1.165, 1.54) is 13.1 Å². The van der Waals surface area contributed by atoms with Crippen molar-refractivity contribution in [3.05, 3.63) is 77.6 Å². The summed E-state index contributed by atoms with van der Waals surface area (Å²) in [6.07, 6.45) is 3.24. The smallest absolute Gasteiger partial charge is 0.318 e. The van der Waals surface area contributed by atoms with E-state index in [0.717, 1.165) is 22.6 Å². The Hall–Kier alpha value is -3.87. The molecule has 3 N–H and O–H groups in total. The number of para-hydroxylation sites is 1. The molecule has 29 heavy (non-hydrogen) atoms. The molecule has 1 heterocycles. The molecule has 0 aliphatic heterocycles. The van der Waals surface area contributed by atoms with Crippen LogP contribution in [0.25, 0.3) is 11.8 Å². The zero-order chi connectivity index (χ0) is 20.8. The topological polar surface area (TPSA) is 88.1 Å². The molecule has 0 bridgehead atoms. The number of urea groups is 1. The lowest BCUT2D eigenvalue weighted by molar-refractivity contribution is -0.111. The highest BCUT2D eigenvalue weighted by Crippen LogP contribution is 2.19.